The van der Waals surface area contributed by atoms with Crippen LogP contribution in [0.25, 0.3) is 0 Å². The average Bonchev–Trinajstić information content (AvgIpc) is 3.07. The van der Waals surface area contributed by atoms with Crippen LogP contribution in [-0.2, 0) is 11.3 Å². The number of benzene rings is 2. The Morgan fingerprint density at radius 1 is 1.07 bits per heavy atom. The van der Waals surface area contributed by atoms with Gasteiger partial charge in [0.2, 0.25) is 5.91 Å². The number of hydrogen-bond donors (Lipinski definition) is 1. The molecule has 0 unspecified atom stereocenters. The summed E-state index contributed by atoms with van der Waals surface area (Å²) in [5.41, 5.74) is 2.74. The quantitative estimate of drug-likeness (QED) is 0.569. The van der Waals surface area contributed by atoms with Crippen LogP contribution in [0.5, 0.6) is 11.5 Å². The molecule has 0 bridgehead atoms. The average molecular weight is 413 g/mol. The van der Waals surface area contributed by atoms with Crippen molar-refractivity contribution in [2.75, 3.05) is 25.3 Å². The Hall–Kier alpha value is -3.00. The van der Waals surface area contributed by atoms with E-state index in [1.54, 1.807) is 20.3 Å². The Kier molecular flexibility index (Phi) is 6.77. The summed E-state index contributed by atoms with van der Waals surface area (Å²) < 4.78 is 12.6. The largest absolute Gasteiger partial charge is 0.493 e. The van der Waals surface area contributed by atoms with Crippen molar-refractivity contribution < 1.29 is 14.3 Å². The van der Waals surface area contributed by atoms with Crippen molar-refractivity contribution in [1.82, 2.24) is 14.8 Å². The monoisotopic (exact) mass is 412 g/mol. The van der Waals surface area contributed by atoms with E-state index in [9.17, 15) is 4.79 Å². The Morgan fingerprint density at radius 3 is 2.45 bits per heavy atom. The lowest BCUT2D eigenvalue weighted by Crippen LogP contribution is -2.16. The van der Waals surface area contributed by atoms with Crippen LogP contribution in [0, 0.1) is 13.8 Å². The number of rotatable bonds is 8. The van der Waals surface area contributed by atoms with E-state index in [0.717, 1.165) is 17.0 Å². The fourth-order valence-electron chi connectivity index (χ4n) is 2.85. The topological polar surface area (TPSA) is 78.3 Å². The van der Waals surface area contributed by atoms with E-state index in [-0.39, 0.29) is 11.7 Å². The van der Waals surface area contributed by atoms with Crippen LogP contribution in [0.1, 0.15) is 17.0 Å². The highest BCUT2D eigenvalue weighted by atomic mass is 32.2. The van der Waals surface area contributed by atoms with Crippen molar-refractivity contribution in [1.29, 1.82) is 0 Å². The summed E-state index contributed by atoms with van der Waals surface area (Å²) in [6.45, 7) is 4.48. The Balaban J connectivity index is 1.66. The van der Waals surface area contributed by atoms with Crippen LogP contribution in [-0.4, -0.2) is 40.6 Å². The minimum atomic E-state index is -0.128. The number of ether oxygens (including phenoxy) is 2. The van der Waals surface area contributed by atoms with Gasteiger partial charge in [-0.15, -0.1) is 10.2 Å². The normalized spacial score (nSPS) is 10.6. The third-order valence-corrected chi connectivity index (χ3v) is 5.39. The zero-order valence-corrected chi connectivity index (χ0v) is 17.7. The highest BCUT2D eigenvalue weighted by molar-refractivity contribution is 7.99. The standard InChI is InChI=1S/C21H24N4O3S/c1-14-10-18(27-3)19(28-4)11-17(14)22-20(26)13-29-21-24-23-15(2)25(21)12-16-8-6-5-7-9-16/h5-11H,12-13H2,1-4H3,(H,22,26). The predicted octanol–water partition coefficient (Wildman–Crippen LogP) is 3.69. The zero-order valence-electron chi connectivity index (χ0n) is 16.9. The molecule has 3 rings (SSSR count). The molecule has 1 amide bonds. The number of aryl methyl sites for hydroxylation is 2. The summed E-state index contributed by atoms with van der Waals surface area (Å²) in [4.78, 5) is 12.5. The molecule has 3 aromatic rings. The number of carbonyl (C=O) groups is 1. The first-order chi connectivity index (χ1) is 14.0. The SMILES string of the molecule is COc1cc(C)c(NC(=O)CSc2nnc(C)n2Cc2ccccc2)cc1OC. The molecule has 7 nitrogen and oxygen atoms in total. The maximum Gasteiger partial charge on any atom is 0.234 e. The number of carbonyl (C=O) groups excluding carboxylic acids is 1. The number of anilines is 1. The molecule has 0 aliphatic carbocycles. The maximum atomic E-state index is 12.5. The van der Waals surface area contributed by atoms with Crippen molar-refractivity contribution >= 4 is 23.4 Å². The van der Waals surface area contributed by atoms with Gasteiger partial charge in [-0.1, -0.05) is 42.1 Å². The van der Waals surface area contributed by atoms with E-state index in [2.05, 4.69) is 27.6 Å². The lowest BCUT2D eigenvalue weighted by atomic mass is 10.1. The summed E-state index contributed by atoms with van der Waals surface area (Å²) in [5, 5.41) is 12.0. The number of thioether (sulfide) groups is 1. The third kappa shape index (κ3) is 5.08. The molecule has 0 saturated heterocycles. The first kappa shape index (κ1) is 20.7. The number of methoxy groups -OCH3 is 2. The molecule has 152 valence electrons. The molecule has 0 saturated carbocycles. The number of amides is 1. The van der Waals surface area contributed by atoms with Gasteiger partial charge < -0.3 is 19.4 Å². The maximum absolute atomic E-state index is 12.5. The van der Waals surface area contributed by atoms with E-state index in [0.29, 0.717) is 28.9 Å². The molecule has 0 aliphatic rings. The molecule has 0 atom stereocenters. The molecule has 1 heterocycles. The summed E-state index contributed by atoms with van der Waals surface area (Å²) in [5.74, 6) is 2.10. The summed E-state index contributed by atoms with van der Waals surface area (Å²) in [6.07, 6.45) is 0. The molecule has 0 spiro atoms. The molecular weight excluding hydrogens is 388 g/mol. The van der Waals surface area contributed by atoms with Crippen LogP contribution in [0.2, 0.25) is 0 Å². The van der Waals surface area contributed by atoms with Crippen LogP contribution >= 0.6 is 11.8 Å². The van der Waals surface area contributed by atoms with Crippen molar-refractivity contribution in [2.24, 2.45) is 0 Å². The highest BCUT2D eigenvalue weighted by Gasteiger charge is 2.14. The second-order valence-electron chi connectivity index (χ2n) is 6.46. The smallest absolute Gasteiger partial charge is 0.234 e. The molecule has 0 radical (unpaired) electrons. The van der Waals surface area contributed by atoms with Gasteiger partial charge in [-0.05, 0) is 31.0 Å². The third-order valence-electron chi connectivity index (χ3n) is 4.42. The lowest BCUT2D eigenvalue weighted by Gasteiger charge is -2.13. The number of nitrogens with zero attached hydrogens (tertiary/aromatic N) is 3. The van der Waals surface area contributed by atoms with E-state index in [4.69, 9.17) is 9.47 Å². The molecule has 8 heteroatoms. The highest BCUT2D eigenvalue weighted by Crippen LogP contribution is 2.33. The van der Waals surface area contributed by atoms with Crippen LogP contribution in [0.15, 0.2) is 47.6 Å². The molecule has 0 aliphatic heterocycles. The van der Waals surface area contributed by atoms with Crippen LogP contribution in [0.3, 0.4) is 0 Å². The van der Waals surface area contributed by atoms with Crippen molar-refractivity contribution in [3.63, 3.8) is 0 Å². The minimum Gasteiger partial charge on any atom is -0.493 e. The van der Waals surface area contributed by atoms with Crippen molar-refractivity contribution in [3.8, 4) is 11.5 Å². The second kappa shape index (κ2) is 9.47. The fraction of sp³-hybridized carbons (Fsp3) is 0.286. The first-order valence-corrected chi connectivity index (χ1v) is 10.1. The van der Waals surface area contributed by atoms with E-state index < -0.39 is 0 Å². The van der Waals surface area contributed by atoms with Gasteiger partial charge in [-0.3, -0.25) is 4.79 Å². The Morgan fingerprint density at radius 2 is 1.76 bits per heavy atom. The van der Waals surface area contributed by atoms with Gasteiger partial charge in [-0.25, -0.2) is 0 Å². The van der Waals surface area contributed by atoms with Gasteiger partial charge in [-0.2, -0.15) is 0 Å². The van der Waals surface area contributed by atoms with Crippen LogP contribution in [0.4, 0.5) is 5.69 Å². The fourth-order valence-corrected chi connectivity index (χ4v) is 3.63. The van der Waals surface area contributed by atoms with E-state index in [1.807, 2.05) is 42.7 Å². The second-order valence-corrected chi connectivity index (χ2v) is 7.40. The minimum absolute atomic E-state index is 0.128. The van der Waals surface area contributed by atoms with Gasteiger partial charge in [0.25, 0.3) is 0 Å². The Labute approximate surface area is 174 Å². The van der Waals surface area contributed by atoms with Gasteiger partial charge in [0.15, 0.2) is 16.7 Å². The van der Waals surface area contributed by atoms with E-state index in [1.165, 1.54) is 11.8 Å². The van der Waals surface area contributed by atoms with Gasteiger partial charge in [0.05, 0.1) is 26.5 Å². The first-order valence-electron chi connectivity index (χ1n) is 9.10. The molecule has 2 aromatic carbocycles. The van der Waals surface area contributed by atoms with Crippen molar-refractivity contribution in [2.45, 2.75) is 25.5 Å². The van der Waals surface area contributed by atoms with Crippen molar-refractivity contribution in [3.05, 3.63) is 59.4 Å². The lowest BCUT2D eigenvalue weighted by molar-refractivity contribution is -0.113. The molecule has 29 heavy (non-hydrogen) atoms. The summed E-state index contributed by atoms with van der Waals surface area (Å²) >= 11 is 1.36. The van der Waals surface area contributed by atoms with Gasteiger partial charge in [0, 0.05) is 11.8 Å². The molecular formula is C21H24N4O3S. The van der Waals surface area contributed by atoms with Gasteiger partial charge in [0.1, 0.15) is 5.82 Å². The number of hydrogen-bond acceptors (Lipinski definition) is 6. The molecule has 1 aromatic heterocycles. The predicted molar refractivity (Wildman–Crippen MR) is 114 cm³/mol. The summed E-state index contributed by atoms with van der Waals surface area (Å²) in [7, 11) is 3.15. The van der Waals surface area contributed by atoms with Crippen LogP contribution < -0.4 is 14.8 Å². The van der Waals surface area contributed by atoms with E-state index >= 15 is 0 Å². The number of aromatic nitrogens is 3. The molecule has 0 fully saturated rings. The Bertz CT molecular complexity index is 989. The summed E-state index contributed by atoms with van der Waals surface area (Å²) in [6, 6.07) is 13.7. The molecule has 1 N–H and O–H groups in total. The van der Waals surface area contributed by atoms with Gasteiger partial charge >= 0.3 is 0 Å². The number of nitrogens with one attached hydrogen (secondary N) is 1. The zero-order chi connectivity index (χ0) is 20.8.